The SMILES string of the molecule is CCc1ccc(/C(C/C=N/OC)=N/OC)cc1. The van der Waals surface area contributed by atoms with Gasteiger partial charge in [-0.2, -0.15) is 0 Å². The van der Waals surface area contributed by atoms with Gasteiger partial charge in [-0.3, -0.25) is 0 Å². The third-order valence-corrected chi connectivity index (χ3v) is 2.36. The van der Waals surface area contributed by atoms with E-state index in [1.54, 1.807) is 6.21 Å². The van der Waals surface area contributed by atoms with E-state index in [2.05, 4.69) is 34.2 Å². The van der Waals surface area contributed by atoms with Crippen LogP contribution in [0.5, 0.6) is 0 Å². The molecule has 17 heavy (non-hydrogen) atoms. The minimum Gasteiger partial charge on any atom is -0.399 e. The predicted molar refractivity (Wildman–Crippen MR) is 69.5 cm³/mol. The van der Waals surface area contributed by atoms with Crippen LogP contribution in [0.4, 0.5) is 0 Å². The number of hydrogen-bond acceptors (Lipinski definition) is 4. The molecule has 0 aliphatic heterocycles. The van der Waals surface area contributed by atoms with E-state index in [9.17, 15) is 0 Å². The topological polar surface area (TPSA) is 43.2 Å². The molecule has 0 bridgehead atoms. The van der Waals surface area contributed by atoms with E-state index in [0.29, 0.717) is 6.42 Å². The van der Waals surface area contributed by atoms with Gasteiger partial charge in [0.25, 0.3) is 0 Å². The molecule has 1 aromatic rings. The van der Waals surface area contributed by atoms with Gasteiger partial charge in [-0.25, -0.2) is 0 Å². The van der Waals surface area contributed by atoms with E-state index < -0.39 is 0 Å². The summed E-state index contributed by atoms with van der Waals surface area (Å²) in [6.45, 7) is 2.13. The van der Waals surface area contributed by atoms with Crippen molar-refractivity contribution >= 4 is 11.9 Å². The summed E-state index contributed by atoms with van der Waals surface area (Å²) in [6, 6.07) is 8.26. The minimum absolute atomic E-state index is 0.577. The molecule has 1 rings (SSSR count). The van der Waals surface area contributed by atoms with Gasteiger partial charge in [0.15, 0.2) is 0 Å². The largest absolute Gasteiger partial charge is 0.399 e. The van der Waals surface area contributed by atoms with Crippen LogP contribution in [0.3, 0.4) is 0 Å². The third kappa shape index (κ3) is 4.26. The highest BCUT2D eigenvalue weighted by atomic mass is 16.6. The van der Waals surface area contributed by atoms with Crippen molar-refractivity contribution in [2.24, 2.45) is 10.3 Å². The third-order valence-electron chi connectivity index (χ3n) is 2.36. The zero-order chi connectivity index (χ0) is 12.5. The normalized spacial score (nSPS) is 11.8. The Hall–Kier alpha value is -1.84. The van der Waals surface area contributed by atoms with Gasteiger partial charge in [-0.05, 0) is 17.5 Å². The van der Waals surface area contributed by atoms with Crippen LogP contribution < -0.4 is 0 Å². The summed E-state index contributed by atoms with van der Waals surface area (Å²) in [7, 11) is 3.05. The Morgan fingerprint density at radius 1 is 1.18 bits per heavy atom. The van der Waals surface area contributed by atoms with Crippen molar-refractivity contribution in [3.63, 3.8) is 0 Å². The first kappa shape index (κ1) is 13.2. The van der Waals surface area contributed by atoms with Gasteiger partial charge in [0.05, 0.1) is 5.71 Å². The van der Waals surface area contributed by atoms with Crippen LogP contribution in [0.2, 0.25) is 0 Å². The van der Waals surface area contributed by atoms with Gasteiger partial charge in [0, 0.05) is 12.6 Å². The van der Waals surface area contributed by atoms with Crippen molar-refractivity contribution < 1.29 is 9.68 Å². The first-order valence-corrected chi connectivity index (χ1v) is 5.56. The van der Waals surface area contributed by atoms with Crippen LogP contribution >= 0.6 is 0 Å². The van der Waals surface area contributed by atoms with Crippen molar-refractivity contribution in [2.75, 3.05) is 14.2 Å². The second kappa shape index (κ2) is 7.44. The van der Waals surface area contributed by atoms with E-state index in [1.165, 1.54) is 19.8 Å². The fraction of sp³-hybridized carbons (Fsp3) is 0.385. The molecule has 0 aliphatic carbocycles. The summed E-state index contributed by atoms with van der Waals surface area (Å²) in [5, 5.41) is 7.68. The Labute approximate surface area is 102 Å². The van der Waals surface area contributed by atoms with Crippen LogP contribution in [-0.2, 0) is 16.1 Å². The lowest BCUT2D eigenvalue weighted by Gasteiger charge is -2.04. The maximum Gasteiger partial charge on any atom is 0.106 e. The van der Waals surface area contributed by atoms with E-state index in [0.717, 1.165) is 17.7 Å². The highest BCUT2D eigenvalue weighted by Gasteiger charge is 2.03. The van der Waals surface area contributed by atoms with Crippen molar-refractivity contribution in [1.82, 2.24) is 0 Å². The zero-order valence-corrected chi connectivity index (χ0v) is 10.5. The maximum atomic E-state index is 4.83. The molecule has 0 atom stereocenters. The molecular weight excluding hydrogens is 216 g/mol. The fourth-order valence-corrected chi connectivity index (χ4v) is 1.45. The van der Waals surface area contributed by atoms with Crippen LogP contribution in [-0.4, -0.2) is 26.1 Å². The van der Waals surface area contributed by atoms with E-state index in [1.807, 2.05) is 12.1 Å². The Bertz CT molecular complexity index is 383. The van der Waals surface area contributed by atoms with Gasteiger partial charge in [-0.15, -0.1) is 0 Å². The standard InChI is InChI=1S/C13H18N2O2/c1-4-11-5-7-12(8-6-11)13(15-17-3)9-10-14-16-2/h5-8,10H,4,9H2,1-3H3/b14-10+,15-13+. The highest BCUT2D eigenvalue weighted by molar-refractivity contribution is 6.06. The molecule has 0 amide bonds. The number of aryl methyl sites for hydroxylation is 1. The summed E-state index contributed by atoms with van der Waals surface area (Å²) in [6.07, 6.45) is 3.26. The predicted octanol–water partition coefficient (Wildman–Crippen LogP) is 2.62. The van der Waals surface area contributed by atoms with Crippen molar-refractivity contribution in [3.05, 3.63) is 35.4 Å². The summed E-state index contributed by atoms with van der Waals surface area (Å²) in [5.41, 5.74) is 3.17. The molecule has 0 spiro atoms. The summed E-state index contributed by atoms with van der Waals surface area (Å²) in [5.74, 6) is 0. The average Bonchev–Trinajstić information content (AvgIpc) is 2.38. The molecule has 92 valence electrons. The molecule has 0 saturated carbocycles. The Balaban J connectivity index is 2.82. The van der Waals surface area contributed by atoms with Crippen LogP contribution in [0.15, 0.2) is 34.6 Å². The first-order chi connectivity index (χ1) is 8.31. The van der Waals surface area contributed by atoms with Gasteiger partial charge in [0.2, 0.25) is 0 Å². The molecule has 4 heteroatoms. The average molecular weight is 234 g/mol. The van der Waals surface area contributed by atoms with Gasteiger partial charge in [0.1, 0.15) is 14.2 Å². The molecule has 0 N–H and O–H groups in total. The monoisotopic (exact) mass is 234 g/mol. The van der Waals surface area contributed by atoms with Gasteiger partial charge < -0.3 is 9.68 Å². The van der Waals surface area contributed by atoms with Crippen LogP contribution in [0, 0.1) is 0 Å². The number of rotatable bonds is 6. The van der Waals surface area contributed by atoms with Crippen molar-refractivity contribution in [3.8, 4) is 0 Å². The van der Waals surface area contributed by atoms with Gasteiger partial charge in [-0.1, -0.05) is 41.5 Å². The number of oxime groups is 2. The Kier molecular flexibility index (Phi) is 5.79. The van der Waals surface area contributed by atoms with E-state index >= 15 is 0 Å². The molecule has 0 aromatic heterocycles. The molecule has 0 saturated heterocycles. The molecule has 4 nitrogen and oxygen atoms in total. The first-order valence-electron chi connectivity index (χ1n) is 5.56. The molecule has 0 aliphatic rings. The summed E-state index contributed by atoms with van der Waals surface area (Å²) < 4.78 is 0. The van der Waals surface area contributed by atoms with Gasteiger partial charge >= 0.3 is 0 Å². The lowest BCUT2D eigenvalue weighted by Crippen LogP contribution is -2.03. The molecule has 0 heterocycles. The smallest absolute Gasteiger partial charge is 0.106 e. The van der Waals surface area contributed by atoms with Crippen molar-refractivity contribution in [2.45, 2.75) is 19.8 Å². The minimum atomic E-state index is 0.577. The van der Waals surface area contributed by atoms with E-state index in [-0.39, 0.29) is 0 Å². The number of nitrogens with zero attached hydrogens (tertiary/aromatic N) is 2. The molecular formula is C13H18N2O2. The number of hydrogen-bond donors (Lipinski definition) is 0. The zero-order valence-electron chi connectivity index (χ0n) is 10.5. The number of benzene rings is 1. The Morgan fingerprint density at radius 3 is 2.41 bits per heavy atom. The van der Waals surface area contributed by atoms with Crippen molar-refractivity contribution in [1.29, 1.82) is 0 Å². The highest BCUT2D eigenvalue weighted by Crippen LogP contribution is 2.08. The van der Waals surface area contributed by atoms with E-state index in [4.69, 9.17) is 4.84 Å². The lowest BCUT2D eigenvalue weighted by molar-refractivity contribution is 0.212. The van der Waals surface area contributed by atoms with Crippen LogP contribution in [0.25, 0.3) is 0 Å². The lowest BCUT2D eigenvalue weighted by atomic mass is 10.0. The molecule has 0 fully saturated rings. The fourth-order valence-electron chi connectivity index (χ4n) is 1.45. The second-order valence-electron chi connectivity index (χ2n) is 3.45. The Morgan fingerprint density at radius 2 is 1.88 bits per heavy atom. The molecule has 1 aromatic carbocycles. The maximum absolute atomic E-state index is 4.83. The van der Waals surface area contributed by atoms with Crippen LogP contribution in [0.1, 0.15) is 24.5 Å². The quantitative estimate of drug-likeness (QED) is 0.561. The second-order valence-corrected chi connectivity index (χ2v) is 3.45. The molecule has 0 radical (unpaired) electrons. The molecule has 0 unspecified atom stereocenters. The summed E-state index contributed by atoms with van der Waals surface area (Å²) in [4.78, 5) is 9.45. The summed E-state index contributed by atoms with van der Waals surface area (Å²) >= 11 is 0.